The fourth-order valence-corrected chi connectivity index (χ4v) is 5.85. The highest BCUT2D eigenvalue weighted by Crippen LogP contribution is 2.27. The van der Waals surface area contributed by atoms with E-state index in [2.05, 4.69) is 4.98 Å². The Kier molecular flexibility index (Phi) is 6.06. The number of thiazole rings is 1. The number of anilines is 1. The summed E-state index contributed by atoms with van der Waals surface area (Å²) in [6.45, 7) is 1.04. The molecular formula is C20H18ClF2N3O2S2. The van der Waals surface area contributed by atoms with Crippen molar-refractivity contribution in [2.24, 2.45) is 0 Å². The Hall–Kier alpha value is -2.07. The van der Waals surface area contributed by atoms with Gasteiger partial charge in [0.05, 0.1) is 5.69 Å². The van der Waals surface area contributed by atoms with Gasteiger partial charge in [-0.25, -0.2) is 22.2 Å². The van der Waals surface area contributed by atoms with E-state index in [4.69, 9.17) is 11.6 Å². The van der Waals surface area contributed by atoms with Crippen LogP contribution in [0.15, 0.2) is 52.7 Å². The molecule has 3 aromatic rings. The van der Waals surface area contributed by atoms with Gasteiger partial charge in [0, 0.05) is 43.0 Å². The number of rotatable bonds is 5. The van der Waals surface area contributed by atoms with Crippen LogP contribution in [0.2, 0.25) is 5.02 Å². The van der Waals surface area contributed by atoms with Crippen LogP contribution in [0.1, 0.15) is 11.3 Å². The van der Waals surface area contributed by atoms with Gasteiger partial charge in [0.2, 0.25) is 10.0 Å². The molecule has 158 valence electrons. The molecule has 1 aliphatic rings. The Balaban J connectivity index is 1.42. The lowest BCUT2D eigenvalue weighted by atomic mass is 10.1. The normalized spacial score (nSPS) is 15.5. The van der Waals surface area contributed by atoms with Crippen LogP contribution in [0, 0.1) is 11.6 Å². The van der Waals surface area contributed by atoms with Gasteiger partial charge < -0.3 is 4.90 Å². The van der Waals surface area contributed by atoms with E-state index >= 15 is 0 Å². The van der Waals surface area contributed by atoms with Crippen LogP contribution in [0.4, 0.5) is 13.9 Å². The van der Waals surface area contributed by atoms with Crippen molar-refractivity contribution >= 4 is 38.1 Å². The average Bonchev–Trinajstić information content (AvgIpc) is 3.18. The van der Waals surface area contributed by atoms with Gasteiger partial charge in [0.1, 0.15) is 11.6 Å². The standard InChI is InChI=1S/C20H18ClF2N3O2S2/c21-15-6-4-14(5-7-15)12-16-13-29-20(24-16)25-8-10-26(11-9-25)30(27,28)19-17(22)2-1-3-18(19)23/h1-7,13H,8-12H2. The molecule has 0 radical (unpaired) electrons. The SMILES string of the molecule is O=S(=O)(c1c(F)cccc1F)N1CCN(c2nc(Cc3ccc(Cl)cc3)cs2)CC1. The second kappa shape index (κ2) is 8.58. The zero-order valence-electron chi connectivity index (χ0n) is 15.8. The molecule has 10 heteroatoms. The number of hydrogen-bond acceptors (Lipinski definition) is 5. The van der Waals surface area contributed by atoms with Gasteiger partial charge >= 0.3 is 0 Å². The molecule has 0 amide bonds. The quantitative estimate of drug-likeness (QED) is 0.562. The first kappa shape index (κ1) is 21.2. The highest BCUT2D eigenvalue weighted by Gasteiger charge is 2.33. The van der Waals surface area contributed by atoms with E-state index in [0.29, 0.717) is 24.5 Å². The van der Waals surface area contributed by atoms with Gasteiger partial charge in [0.15, 0.2) is 10.0 Å². The van der Waals surface area contributed by atoms with Crippen LogP contribution in [-0.4, -0.2) is 43.9 Å². The van der Waals surface area contributed by atoms with Crippen LogP contribution in [-0.2, 0) is 16.4 Å². The molecule has 0 saturated carbocycles. The summed E-state index contributed by atoms with van der Waals surface area (Å²) in [5.74, 6) is -2.16. The minimum Gasteiger partial charge on any atom is -0.345 e. The minimum atomic E-state index is -4.24. The number of halogens is 3. The van der Waals surface area contributed by atoms with Crippen LogP contribution in [0.3, 0.4) is 0 Å². The van der Waals surface area contributed by atoms with Gasteiger partial charge in [0.25, 0.3) is 0 Å². The number of nitrogens with zero attached hydrogens (tertiary/aromatic N) is 3. The van der Waals surface area contributed by atoms with Crippen molar-refractivity contribution in [3.8, 4) is 0 Å². The van der Waals surface area contributed by atoms with Crippen LogP contribution in [0.5, 0.6) is 0 Å². The van der Waals surface area contributed by atoms with E-state index in [1.165, 1.54) is 11.3 Å². The van der Waals surface area contributed by atoms with Crippen molar-refractivity contribution in [2.75, 3.05) is 31.1 Å². The summed E-state index contributed by atoms with van der Waals surface area (Å²) in [6, 6.07) is 10.6. The maximum Gasteiger partial charge on any atom is 0.249 e. The largest absolute Gasteiger partial charge is 0.345 e. The molecule has 2 aromatic carbocycles. The maximum atomic E-state index is 14.0. The lowest BCUT2D eigenvalue weighted by molar-refractivity contribution is 0.378. The molecule has 1 aliphatic heterocycles. The summed E-state index contributed by atoms with van der Waals surface area (Å²) in [5, 5.41) is 3.45. The van der Waals surface area contributed by atoms with Crippen LogP contribution in [0.25, 0.3) is 0 Å². The number of aromatic nitrogens is 1. The van der Waals surface area contributed by atoms with E-state index in [-0.39, 0.29) is 13.1 Å². The Morgan fingerprint density at radius 3 is 2.27 bits per heavy atom. The molecule has 1 saturated heterocycles. The first-order valence-electron chi connectivity index (χ1n) is 9.22. The fourth-order valence-electron chi connectivity index (χ4n) is 3.31. The monoisotopic (exact) mass is 469 g/mol. The highest BCUT2D eigenvalue weighted by atomic mass is 35.5. The van der Waals surface area contributed by atoms with Gasteiger partial charge in [-0.1, -0.05) is 29.8 Å². The van der Waals surface area contributed by atoms with Crippen LogP contribution >= 0.6 is 22.9 Å². The molecule has 0 N–H and O–H groups in total. The van der Waals surface area contributed by atoms with Gasteiger partial charge in [-0.2, -0.15) is 4.31 Å². The summed E-state index contributed by atoms with van der Waals surface area (Å²) in [5.41, 5.74) is 2.01. The molecule has 1 aromatic heterocycles. The zero-order valence-corrected chi connectivity index (χ0v) is 18.2. The second-order valence-corrected chi connectivity index (χ2v) is 10.0. The summed E-state index contributed by atoms with van der Waals surface area (Å²) >= 11 is 7.40. The topological polar surface area (TPSA) is 53.5 Å². The van der Waals surface area contributed by atoms with E-state index in [0.717, 1.165) is 38.9 Å². The molecule has 0 spiro atoms. The third-order valence-corrected chi connectivity index (χ3v) is 8.02. The second-order valence-electron chi connectivity index (χ2n) is 6.87. The molecule has 4 rings (SSSR count). The minimum absolute atomic E-state index is 0.127. The third kappa shape index (κ3) is 4.34. The fraction of sp³-hybridized carbons (Fsp3) is 0.250. The molecule has 30 heavy (non-hydrogen) atoms. The smallest absolute Gasteiger partial charge is 0.249 e. The molecule has 0 aliphatic carbocycles. The summed E-state index contributed by atoms with van der Waals surface area (Å²) < 4.78 is 54.5. The Morgan fingerprint density at radius 2 is 1.63 bits per heavy atom. The molecule has 0 bridgehead atoms. The van der Waals surface area contributed by atoms with Crippen molar-refractivity contribution in [2.45, 2.75) is 11.3 Å². The average molecular weight is 470 g/mol. The molecule has 0 atom stereocenters. The number of sulfonamides is 1. The van der Waals surface area contributed by atoms with Gasteiger partial charge in [-0.05, 0) is 29.8 Å². The first-order valence-corrected chi connectivity index (χ1v) is 11.9. The van der Waals surface area contributed by atoms with Crippen molar-refractivity contribution in [1.82, 2.24) is 9.29 Å². The Morgan fingerprint density at radius 1 is 1.00 bits per heavy atom. The van der Waals surface area contributed by atoms with Crippen molar-refractivity contribution < 1.29 is 17.2 Å². The molecule has 1 fully saturated rings. The van der Waals surface area contributed by atoms with E-state index < -0.39 is 26.6 Å². The summed E-state index contributed by atoms with van der Waals surface area (Å²) in [4.78, 5) is 5.74. The van der Waals surface area contributed by atoms with Gasteiger partial charge in [-0.3, -0.25) is 0 Å². The summed E-state index contributed by atoms with van der Waals surface area (Å²) in [6.07, 6.45) is 0.675. The van der Waals surface area contributed by atoms with Crippen molar-refractivity contribution in [3.05, 3.63) is 75.8 Å². The predicted molar refractivity (Wildman–Crippen MR) is 114 cm³/mol. The molecule has 0 unspecified atom stereocenters. The van der Waals surface area contributed by atoms with E-state index in [1.807, 2.05) is 34.5 Å². The van der Waals surface area contributed by atoms with Crippen molar-refractivity contribution in [3.63, 3.8) is 0 Å². The van der Waals surface area contributed by atoms with Crippen molar-refractivity contribution in [1.29, 1.82) is 0 Å². The molecule has 2 heterocycles. The summed E-state index contributed by atoms with van der Waals surface area (Å²) in [7, 11) is -4.24. The number of benzene rings is 2. The Bertz CT molecular complexity index is 1120. The lowest BCUT2D eigenvalue weighted by Crippen LogP contribution is -2.49. The van der Waals surface area contributed by atoms with E-state index in [9.17, 15) is 17.2 Å². The Labute approximate surface area is 182 Å². The zero-order chi connectivity index (χ0) is 21.3. The molecule has 5 nitrogen and oxygen atoms in total. The van der Waals surface area contributed by atoms with E-state index in [1.54, 1.807) is 0 Å². The maximum absolute atomic E-state index is 14.0. The highest BCUT2D eigenvalue weighted by molar-refractivity contribution is 7.89. The number of hydrogen-bond donors (Lipinski definition) is 0. The van der Waals surface area contributed by atoms with Gasteiger partial charge in [-0.15, -0.1) is 11.3 Å². The number of piperazine rings is 1. The lowest BCUT2D eigenvalue weighted by Gasteiger charge is -2.33. The third-order valence-electron chi connectivity index (χ3n) is 4.86. The first-order chi connectivity index (χ1) is 14.3. The molecular weight excluding hydrogens is 452 g/mol. The van der Waals surface area contributed by atoms with Crippen LogP contribution < -0.4 is 4.90 Å². The predicted octanol–water partition coefficient (Wildman–Crippen LogP) is 4.18.